The van der Waals surface area contributed by atoms with Crippen LogP contribution in [0.4, 0.5) is 0 Å². The summed E-state index contributed by atoms with van der Waals surface area (Å²) < 4.78 is 0. The van der Waals surface area contributed by atoms with E-state index >= 15 is 0 Å². The van der Waals surface area contributed by atoms with Crippen LogP contribution < -0.4 is 9.41 Å². The van der Waals surface area contributed by atoms with E-state index in [1.807, 2.05) is 12.2 Å². The van der Waals surface area contributed by atoms with Gasteiger partial charge in [-0.25, -0.2) is 24.3 Å². The molecule has 0 amide bonds. The molecule has 2 rings (SSSR count). The summed E-state index contributed by atoms with van der Waals surface area (Å²) >= 11 is 0. The van der Waals surface area contributed by atoms with Gasteiger partial charge in [0.25, 0.3) is 0 Å². The van der Waals surface area contributed by atoms with Crippen molar-refractivity contribution in [2.24, 2.45) is 0 Å². The fourth-order valence-electron chi connectivity index (χ4n) is 1.70. The molecule has 0 aromatic heterocycles. The molecule has 0 aliphatic carbocycles. The number of rotatable bonds is 6. The Morgan fingerprint density at radius 1 is 0.667 bits per heavy atom. The van der Waals surface area contributed by atoms with E-state index in [0.717, 1.165) is 25.7 Å². The Bertz CT molecular complexity index is 374. The molecular formula is C18H22F2Zr. The van der Waals surface area contributed by atoms with Gasteiger partial charge in [-0.15, -0.1) is 13.2 Å². The molecule has 3 heteroatoms. The Morgan fingerprint density at radius 3 is 1.19 bits per heavy atom. The monoisotopic (exact) mass is 366 g/mol. The molecule has 0 aliphatic rings. The Labute approximate surface area is 146 Å². The predicted molar refractivity (Wildman–Crippen MR) is 81.1 cm³/mol. The molecule has 112 valence electrons. The first-order chi connectivity index (χ1) is 8.86. The normalized spacial score (nSPS) is 8.00. The quantitative estimate of drug-likeness (QED) is 0.456. The maximum Gasteiger partial charge on any atom is 4.00 e. The van der Waals surface area contributed by atoms with Crippen molar-refractivity contribution < 1.29 is 35.6 Å². The third-order valence-electron chi connectivity index (χ3n) is 2.74. The summed E-state index contributed by atoms with van der Waals surface area (Å²) in [5.41, 5.74) is 2.82. The Balaban J connectivity index is -0.000000270. The average molecular weight is 368 g/mol. The van der Waals surface area contributed by atoms with Crippen LogP contribution in [0.5, 0.6) is 0 Å². The number of hydrogen-bond acceptors (Lipinski definition) is 0. The molecule has 0 spiro atoms. The fraction of sp³-hybridized carbons (Fsp3) is 0.222. The van der Waals surface area contributed by atoms with Crippen molar-refractivity contribution in [3.63, 3.8) is 0 Å². The zero-order chi connectivity index (χ0) is 13.1. The summed E-state index contributed by atoms with van der Waals surface area (Å²) in [7, 11) is 0. The second-order valence-electron chi connectivity index (χ2n) is 4.24. The number of aryl methyl sites for hydroxylation is 2. The maximum absolute atomic E-state index is 3.66. The van der Waals surface area contributed by atoms with E-state index in [1.54, 1.807) is 0 Å². The van der Waals surface area contributed by atoms with Crippen LogP contribution in [-0.4, -0.2) is 0 Å². The molecule has 0 radical (unpaired) electrons. The van der Waals surface area contributed by atoms with Crippen molar-refractivity contribution in [3.8, 4) is 0 Å². The SMILES string of the molecule is C=CCC[c-]1cccc1.C=CCC[c-]1cccc1.[F-].[F-].[Zr+4]. The van der Waals surface area contributed by atoms with Crippen LogP contribution in [-0.2, 0) is 39.0 Å². The van der Waals surface area contributed by atoms with Crippen molar-refractivity contribution in [2.45, 2.75) is 25.7 Å². The van der Waals surface area contributed by atoms with Gasteiger partial charge in [-0.05, 0) is 12.8 Å². The van der Waals surface area contributed by atoms with E-state index < -0.39 is 0 Å². The molecule has 0 bridgehead atoms. The van der Waals surface area contributed by atoms with Gasteiger partial charge in [-0.1, -0.05) is 25.0 Å². The molecular weight excluding hydrogens is 345 g/mol. The summed E-state index contributed by atoms with van der Waals surface area (Å²) in [4.78, 5) is 0. The largest absolute Gasteiger partial charge is 4.00 e. The van der Waals surface area contributed by atoms with E-state index in [1.165, 1.54) is 11.1 Å². The van der Waals surface area contributed by atoms with Crippen LogP contribution in [0.25, 0.3) is 0 Å². The van der Waals surface area contributed by atoms with Crippen LogP contribution in [0.3, 0.4) is 0 Å². The van der Waals surface area contributed by atoms with Crippen LogP contribution in [0.15, 0.2) is 73.8 Å². The van der Waals surface area contributed by atoms with E-state index in [2.05, 4.69) is 61.7 Å². The molecule has 0 aliphatic heterocycles. The molecule has 0 N–H and O–H groups in total. The van der Waals surface area contributed by atoms with Gasteiger partial charge in [0, 0.05) is 0 Å². The minimum Gasteiger partial charge on any atom is -1.00 e. The first kappa shape index (κ1) is 24.9. The van der Waals surface area contributed by atoms with Gasteiger partial charge in [-0.3, -0.25) is 0 Å². The Kier molecular flexibility index (Phi) is 20.1. The maximum atomic E-state index is 3.66. The predicted octanol–water partition coefficient (Wildman–Crippen LogP) is -0.946. The molecule has 0 unspecified atom stereocenters. The third-order valence-corrected chi connectivity index (χ3v) is 2.74. The summed E-state index contributed by atoms with van der Waals surface area (Å²) in [5, 5.41) is 0. The number of hydrogen-bond donors (Lipinski definition) is 0. The summed E-state index contributed by atoms with van der Waals surface area (Å²) in [5.74, 6) is 0. The van der Waals surface area contributed by atoms with Crippen molar-refractivity contribution in [3.05, 3.63) is 85.0 Å². The van der Waals surface area contributed by atoms with Crippen LogP contribution in [0, 0.1) is 0 Å². The standard InChI is InChI=1S/2C9H11.2FH.Zr/c2*1-2-3-6-9-7-4-5-8-9;;;/h2*2,4-5,7-8H,1,3,6H2;2*1H;/q2*-1;;;+4/p-2. The van der Waals surface area contributed by atoms with Crippen molar-refractivity contribution in [1.82, 2.24) is 0 Å². The van der Waals surface area contributed by atoms with Gasteiger partial charge in [-0.2, -0.15) is 35.4 Å². The molecule has 0 fully saturated rings. The Morgan fingerprint density at radius 2 is 0.952 bits per heavy atom. The topological polar surface area (TPSA) is 0 Å². The molecule has 21 heavy (non-hydrogen) atoms. The molecule has 2 aromatic carbocycles. The van der Waals surface area contributed by atoms with E-state index in [-0.39, 0.29) is 35.6 Å². The summed E-state index contributed by atoms with van der Waals surface area (Å²) in [6, 6.07) is 16.8. The minimum atomic E-state index is 0. The summed E-state index contributed by atoms with van der Waals surface area (Å²) in [6.07, 6.45) is 8.35. The first-order valence-electron chi connectivity index (χ1n) is 6.49. The number of halogens is 2. The van der Waals surface area contributed by atoms with Crippen molar-refractivity contribution in [2.75, 3.05) is 0 Å². The average Bonchev–Trinajstić information content (AvgIpc) is 3.07. The third kappa shape index (κ3) is 12.4. The molecule has 2 aromatic rings. The number of allylic oxidation sites excluding steroid dienone is 2. The molecule has 0 saturated heterocycles. The Hall–Kier alpha value is -1.08. The van der Waals surface area contributed by atoms with Crippen LogP contribution in [0.2, 0.25) is 0 Å². The van der Waals surface area contributed by atoms with Crippen molar-refractivity contribution >= 4 is 0 Å². The second kappa shape index (κ2) is 17.0. The van der Waals surface area contributed by atoms with Crippen molar-refractivity contribution in [1.29, 1.82) is 0 Å². The minimum absolute atomic E-state index is 0. The van der Waals surface area contributed by atoms with Gasteiger partial charge in [0.2, 0.25) is 0 Å². The van der Waals surface area contributed by atoms with Gasteiger partial charge >= 0.3 is 26.2 Å². The molecule has 0 saturated carbocycles. The van der Waals surface area contributed by atoms with Gasteiger partial charge < -0.3 is 9.41 Å². The molecule has 0 atom stereocenters. The van der Waals surface area contributed by atoms with E-state index in [9.17, 15) is 0 Å². The van der Waals surface area contributed by atoms with Gasteiger partial charge in [0.15, 0.2) is 0 Å². The van der Waals surface area contributed by atoms with Gasteiger partial charge in [0.1, 0.15) is 0 Å². The van der Waals surface area contributed by atoms with E-state index in [0.29, 0.717) is 0 Å². The smallest absolute Gasteiger partial charge is 1.00 e. The van der Waals surface area contributed by atoms with Crippen LogP contribution >= 0.6 is 0 Å². The second-order valence-corrected chi connectivity index (χ2v) is 4.24. The van der Waals surface area contributed by atoms with Gasteiger partial charge in [0.05, 0.1) is 0 Å². The first-order valence-corrected chi connectivity index (χ1v) is 6.49. The fourth-order valence-corrected chi connectivity index (χ4v) is 1.70. The summed E-state index contributed by atoms with van der Waals surface area (Å²) in [6.45, 7) is 7.32. The molecule has 0 nitrogen and oxygen atoms in total. The zero-order valence-electron chi connectivity index (χ0n) is 12.3. The van der Waals surface area contributed by atoms with Crippen LogP contribution in [0.1, 0.15) is 24.0 Å². The molecule has 0 heterocycles. The van der Waals surface area contributed by atoms with E-state index in [4.69, 9.17) is 0 Å². The zero-order valence-corrected chi connectivity index (χ0v) is 14.7.